The number of nitrogens with one attached hydrogen (secondary N) is 1. The molecular weight excluding hydrogens is 412 g/mol. The van der Waals surface area contributed by atoms with E-state index in [0.29, 0.717) is 36.0 Å². The number of rotatable bonds is 10. The number of aryl methyl sites for hydroxylation is 2. The van der Waals surface area contributed by atoms with Crippen molar-refractivity contribution in [2.24, 2.45) is 0 Å². The first-order valence-corrected chi connectivity index (χ1v) is 11.6. The van der Waals surface area contributed by atoms with Gasteiger partial charge in [-0.25, -0.2) is 8.42 Å². The average Bonchev–Trinajstić information content (AvgIpc) is 2.64. The molecule has 0 atom stereocenters. The van der Waals surface area contributed by atoms with Crippen molar-refractivity contribution in [3.8, 4) is 5.75 Å². The van der Waals surface area contributed by atoms with Crippen LogP contribution in [0, 0.1) is 13.8 Å². The van der Waals surface area contributed by atoms with Crippen molar-refractivity contribution in [1.82, 2.24) is 5.32 Å². The maximum atomic E-state index is 12.2. The van der Waals surface area contributed by atoms with Gasteiger partial charge in [-0.15, -0.1) is 0 Å². The number of carbonyl (C=O) groups excluding carboxylic acids is 1. The normalized spacial score (nSPS) is 11.2. The second kappa shape index (κ2) is 10.5. The maximum Gasteiger partial charge on any atom is 0.232 e. The lowest BCUT2D eigenvalue weighted by Gasteiger charge is -2.24. The van der Waals surface area contributed by atoms with E-state index in [0.717, 1.165) is 11.1 Å². The van der Waals surface area contributed by atoms with Crippen LogP contribution < -0.4 is 14.4 Å². The lowest BCUT2D eigenvalue weighted by atomic mass is 10.1. The van der Waals surface area contributed by atoms with Crippen LogP contribution in [-0.4, -0.2) is 40.3 Å². The fourth-order valence-electron chi connectivity index (χ4n) is 2.91. The van der Waals surface area contributed by atoms with Gasteiger partial charge in [0, 0.05) is 18.0 Å². The molecule has 0 aliphatic heterocycles. The Kier molecular flexibility index (Phi) is 8.34. The molecule has 158 valence electrons. The summed E-state index contributed by atoms with van der Waals surface area (Å²) in [4.78, 5) is 12.0. The van der Waals surface area contributed by atoms with Crippen LogP contribution in [0.2, 0.25) is 5.02 Å². The molecule has 0 unspecified atom stereocenters. The number of hydrogen-bond donors (Lipinski definition) is 1. The van der Waals surface area contributed by atoms with E-state index in [1.165, 1.54) is 10.6 Å². The van der Waals surface area contributed by atoms with Crippen molar-refractivity contribution in [1.29, 1.82) is 0 Å². The van der Waals surface area contributed by atoms with Crippen molar-refractivity contribution >= 4 is 33.2 Å². The van der Waals surface area contributed by atoms with E-state index in [2.05, 4.69) is 5.32 Å². The second-order valence-corrected chi connectivity index (χ2v) is 9.22. The van der Waals surface area contributed by atoms with Gasteiger partial charge in [0.15, 0.2) is 0 Å². The van der Waals surface area contributed by atoms with Crippen molar-refractivity contribution < 1.29 is 17.9 Å². The highest BCUT2D eigenvalue weighted by Gasteiger charge is 2.19. The lowest BCUT2D eigenvalue weighted by Crippen LogP contribution is -2.33. The Hall–Kier alpha value is -2.25. The van der Waals surface area contributed by atoms with Gasteiger partial charge in [0.05, 0.1) is 18.5 Å². The number of benzene rings is 2. The monoisotopic (exact) mass is 438 g/mol. The van der Waals surface area contributed by atoms with E-state index in [1.54, 1.807) is 30.3 Å². The summed E-state index contributed by atoms with van der Waals surface area (Å²) in [5.74, 6) is 0.541. The molecule has 2 aromatic carbocycles. The van der Waals surface area contributed by atoms with Crippen molar-refractivity contribution in [2.45, 2.75) is 26.7 Å². The van der Waals surface area contributed by atoms with Gasteiger partial charge in [-0.1, -0.05) is 29.3 Å². The van der Waals surface area contributed by atoms with E-state index < -0.39 is 10.0 Å². The fraction of sp³-hybridized carbons (Fsp3) is 0.381. The smallest absolute Gasteiger partial charge is 0.232 e. The highest BCUT2D eigenvalue weighted by atomic mass is 35.5. The summed E-state index contributed by atoms with van der Waals surface area (Å²) < 4.78 is 31.3. The van der Waals surface area contributed by atoms with Gasteiger partial charge in [-0.2, -0.15) is 0 Å². The van der Waals surface area contributed by atoms with Crippen molar-refractivity contribution in [3.63, 3.8) is 0 Å². The minimum absolute atomic E-state index is 0.140. The number of ether oxygens (including phenoxy) is 1. The first-order chi connectivity index (χ1) is 13.7. The van der Waals surface area contributed by atoms with Crippen LogP contribution in [0.25, 0.3) is 0 Å². The van der Waals surface area contributed by atoms with E-state index in [1.807, 2.05) is 26.0 Å². The second-order valence-electron chi connectivity index (χ2n) is 6.88. The van der Waals surface area contributed by atoms with Crippen LogP contribution in [0.5, 0.6) is 5.75 Å². The molecule has 0 aliphatic rings. The van der Waals surface area contributed by atoms with Crippen molar-refractivity contribution in [2.75, 3.05) is 30.3 Å². The number of hydrogen-bond acceptors (Lipinski definition) is 4. The van der Waals surface area contributed by atoms with E-state index >= 15 is 0 Å². The van der Waals surface area contributed by atoms with Crippen LogP contribution in [-0.2, 0) is 14.8 Å². The molecule has 29 heavy (non-hydrogen) atoms. The Morgan fingerprint density at radius 3 is 2.45 bits per heavy atom. The summed E-state index contributed by atoms with van der Waals surface area (Å²) in [5.41, 5.74) is 2.61. The molecule has 0 saturated carbocycles. The molecule has 0 bridgehead atoms. The van der Waals surface area contributed by atoms with E-state index in [4.69, 9.17) is 16.3 Å². The highest BCUT2D eigenvalue weighted by Crippen LogP contribution is 2.24. The molecule has 0 spiro atoms. The summed E-state index contributed by atoms with van der Waals surface area (Å²) in [6.07, 6.45) is 1.84. The Morgan fingerprint density at radius 1 is 1.14 bits per heavy atom. The predicted octanol–water partition coefficient (Wildman–Crippen LogP) is 3.70. The predicted molar refractivity (Wildman–Crippen MR) is 117 cm³/mol. The summed E-state index contributed by atoms with van der Waals surface area (Å²) >= 11 is 5.81. The third-order valence-electron chi connectivity index (χ3n) is 4.29. The van der Waals surface area contributed by atoms with Crippen LogP contribution in [0.1, 0.15) is 24.0 Å². The molecule has 0 aliphatic carbocycles. The van der Waals surface area contributed by atoms with Gasteiger partial charge in [-0.3, -0.25) is 9.10 Å². The molecule has 0 aromatic heterocycles. The highest BCUT2D eigenvalue weighted by molar-refractivity contribution is 7.92. The third kappa shape index (κ3) is 7.59. The van der Waals surface area contributed by atoms with Gasteiger partial charge >= 0.3 is 0 Å². The molecule has 0 saturated heterocycles. The molecule has 0 radical (unpaired) electrons. The molecular formula is C21H27ClN2O4S. The topological polar surface area (TPSA) is 75.7 Å². The number of anilines is 1. The van der Waals surface area contributed by atoms with Crippen LogP contribution in [0.15, 0.2) is 42.5 Å². The standard InChI is InChI=1S/C21H27ClN2O4S/c1-16-6-11-20(17(2)15-16)24(29(3,26)27)13-4-5-21(25)23-12-14-28-19-9-7-18(22)8-10-19/h6-11,15H,4-5,12-14H2,1-3H3,(H,23,25). The first kappa shape index (κ1) is 23.0. The van der Waals surface area contributed by atoms with E-state index in [-0.39, 0.29) is 18.9 Å². The lowest BCUT2D eigenvalue weighted by molar-refractivity contribution is -0.121. The van der Waals surface area contributed by atoms with Gasteiger partial charge < -0.3 is 10.1 Å². The van der Waals surface area contributed by atoms with Crippen LogP contribution in [0.4, 0.5) is 5.69 Å². The molecule has 8 heteroatoms. The summed E-state index contributed by atoms with van der Waals surface area (Å²) in [7, 11) is -3.43. The maximum absolute atomic E-state index is 12.2. The minimum atomic E-state index is -3.43. The van der Waals surface area contributed by atoms with Gasteiger partial charge in [-0.05, 0) is 56.2 Å². The molecule has 2 aromatic rings. The molecule has 2 rings (SSSR count). The molecule has 0 fully saturated rings. The molecule has 6 nitrogen and oxygen atoms in total. The van der Waals surface area contributed by atoms with Gasteiger partial charge in [0.25, 0.3) is 0 Å². The minimum Gasteiger partial charge on any atom is -0.492 e. The zero-order valence-electron chi connectivity index (χ0n) is 16.9. The summed E-state index contributed by atoms with van der Waals surface area (Å²) in [5, 5.41) is 3.41. The Labute approximate surface area is 177 Å². The Morgan fingerprint density at radius 2 is 1.83 bits per heavy atom. The summed E-state index contributed by atoms with van der Waals surface area (Å²) in [6.45, 7) is 4.80. The van der Waals surface area contributed by atoms with Gasteiger partial charge in [0.1, 0.15) is 12.4 Å². The Bertz CT molecular complexity index is 930. The van der Waals surface area contributed by atoms with Crippen LogP contribution in [0.3, 0.4) is 0 Å². The largest absolute Gasteiger partial charge is 0.492 e. The quantitative estimate of drug-likeness (QED) is 0.574. The number of nitrogens with zero attached hydrogens (tertiary/aromatic N) is 1. The molecule has 0 heterocycles. The number of sulfonamides is 1. The average molecular weight is 439 g/mol. The zero-order chi connectivity index (χ0) is 21.4. The fourth-order valence-corrected chi connectivity index (χ4v) is 4.06. The molecule has 1 N–H and O–H groups in total. The summed E-state index contributed by atoms with van der Waals surface area (Å²) in [6, 6.07) is 12.6. The first-order valence-electron chi connectivity index (χ1n) is 9.37. The van der Waals surface area contributed by atoms with E-state index in [9.17, 15) is 13.2 Å². The Balaban J connectivity index is 1.78. The van der Waals surface area contributed by atoms with Crippen LogP contribution >= 0.6 is 11.6 Å². The number of amides is 1. The third-order valence-corrected chi connectivity index (χ3v) is 5.72. The zero-order valence-corrected chi connectivity index (χ0v) is 18.5. The van der Waals surface area contributed by atoms with Gasteiger partial charge in [0.2, 0.25) is 15.9 Å². The van der Waals surface area contributed by atoms with Crippen molar-refractivity contribution in [3.05, 3.63) is 58.6 Å². The number of carbonyl (C=O) groups is 1. The number of halogens is 1. The molecule has 1 amide bonds. The SMILES string of the molecule is Cc1ccc(N(CCCC(=O)NCCOc2ccc(Cl)cc2)S(C)(=O)=O)c(C)c1.